The van der Waals surface area contributed by atoms with Crippen LogP contribution < -0.4 is 0 Å². The molecule has 1 aliphatic rings. The highest BCUT2D eigenvalue weighted by Gasteiger charge is 2.20. The van der Waals surface area contributed by atoms with Crippen LogP contribution in [0.3, 0.4) is 0 Å². The Hall–Kier alpha value is -1.07. The van der Waals surface area contributed by atoms with Gasteiger partial charge < -0.3 is 15.3 Å². The van der Waals surface area contributed by atoms with Crippen LogP contribution in [0.1, 0.15) is 13.3 Å². The summed E-state index contributed by atoms with van der Waals surface area (Å²) in [5.74, 6) is 0. The third kappa shape index (κ3) is 1.57. The molecule has 12 heavy (non-hydrogen) atoms. The molecule has 1 aliphatic carbocycles. The van der Waals surface area contributed by atoms with Gasteiger partial charge in [-0.1, -0.05) is 17.3 Å². The summed E-state index contributed by atoms with van der Waals surface area (Å²) in [6.45, 7) is 1.69. The maximum atomic E-state index is 8.87. The number of rotatable bonds is 1. The summed E-state index contributed by atoms with van der Waals surface area (Å²) < 4.78 is 0. The molecule has 0 radical (unpaired) electrons. The van der Waals surface area contributed by atoms with Gasteiger partial charge in [0.05, 0.1) is 5.71 Å². The number of hydrogen-bond acceptors (Lipinski definition) is 4. The Morgan fingerprint density at radius 3 is 2.67 bits per heavy atom. The molecule has 4 nitrogen and oxygen atoms in total. The SMILES string of the molecule is CC1=C(B(O)O)C=CC/C1=N\O. The first-order valence-electron chi connectivity index (χ1n) is 3.61. The van der Waals surface area contributed by atoms with Crippen LogP contribution >= 0.6 is 0 Å². The van der Waals surface area contributed by atoms with Crippen molar-refractivity contribution >= 4 is 12.8 Å². The first-order chi connectivity index (χ1) is 5.66. The van der Waals surface area contributed by atoms with E-state index >= 15 is 0 Å². The van der Waals surface area contributed by atoms with E-state index in [1.807, 2.05) is 0 Å². The summed E-state index contributed by atoms with van der Waals surface area (Å²) in [5, 5.41) is 29.3. The average Bonchev–Trinajstić information content (AvgIpc) is 2.04. The van der Waals surface area contributed by atoms with E-state index in [9.17, 15) is 0 Å². The van der Waals surface area contributed by atoms with Gasteiger partial charge in [-0.2, -0.15) is 0 Å². The molecule has 5 heteroatoms. The van der Waals surface area contributed by atoms with Crippen LogP contribution in [-0.2, 0) is 0 Å². The lowest BCUT2D eigenvalue weighted by Gasteiger charge is -2.12. The van der Waals surface area contributed by atoms with Gasteiger partial charge >= 0.3 is 7.12 Å². The monoisotopic (exact) mass is 167 g/mol. The minimum absolute atomic E-state index is 0.383. The summed E-state index contributed by atoms with van der Waals surface area (Å²) in [5.41, 5.74) is 1.48. The summed E-state index contributed by atoms with van der Waals surface area (Å²) >= 11 is 0. The van der Waals surface area contributed by atoms with Crippen molar-refractivity contribution in [3.05, 3.63) is 23.2 Å². The smallest absolute Gasteiger partial charge is 0.423 e. The lowest BCUT2D eigenvalue weighted by Crippen LogP contribution is -2.20. The van der Waals surface area contributed by atoms with Gasteiger partial charge in [0, 0.05) is 6.42 Å². The van der Waals surface area contributed by atoms with Crippen molar-refractivity contribution in [1.29, 1.82) is 0 Å². The quantitative estimate of drug-likeness (QED) is 0.294. The van der Waals surface area contributed by atoms with Crippen LogP contribution in [0.2, 0.25) is 0 Å². The molecular weight excluding hydrogens is 157 g/mol. The van der Waals surface area contributed by atoms with Crippen molar-refractivity contribution in [2.75, 3.05) is 0 Å². The standard InChI is InChI=1S/C7H10BNO3/c1-5-6(8(10)11)3-2-4-7(5)9-12/h2-3,10-12H,4H2,1H3/b9-7+. The highest BCUT2D eigenvalue weighted by molar-refractivity contribution is 6.53. The predicted octanol–water partition coefficient (Wildman–Crippen LogP) is 0.105. The largest absolute Gasteiger partial charge is 0.488 e. The third-order valence-corrected chi connectivity index (χ3v) is 1.87. The van der Waals surface area contributed by atoms with Crippen molar-refractivity contribution in [3.63, 3.8) is 0 Å². The minimum Gasteiger partial charge on any atom is -0.423 e. The number of hydrogen-bond donors (Lipinski definition) is 3. The van der Waals surface area contributed by atoms with Gasteiger partial charge in [-0.15, -0.1) is 0 Å². The summed E-state index contributed by atoms with van der Waals surface area (Å²) in [7, 11) is -1.50. The highest BCUT2D eigenvalue weighted by Crippen LogP contribution is 2.16. The molecule has 0 heterocycles. The van der Waals surface area contributed by atoms with E-state index < -0.39 is 7.12 Å². The molecule has 0 aromatic carbocycles. The molecule has 0 saturated carbocycles. The Morgan fingerprint density at radius 2 is 2.17 bits per heavy atom. The van der Waals surface area contributed by atoms with E-state index in [1.165, 1.54) is 0 Å². The summed E-state index contributed by atoms with van der Waals surface area (Å²) in [4.78, 5) is 0. The number of oxime groups is 1. The fourth-order valence-electron chi connectivity index (χ4n) is 1.14. The summed E-state index contributed by atoms with van der Waals surface area (Å²) in [6, 6.07) is 0. The fourth-order valence-corrected chi connectivity index (χ4v) is 1.14. The number of nitrogens with zero attached hydrogens (tertiary/aromatic N) is 1. The van der Waals surface area contributed by atoms with Gasteiger partial charge in [0.1, 0.15) is 0 Å². The van der Waals surface area contributed by atoms with Crippen LogP contribution in [0.5, 0.6) is 0 Å². The van der Waals surface area contributed by atoms with Gasteiger partial charge in [0.25, 0.3) is 0 Å². The Balaban J connectivity index is 3.03. The molecule has 0 saturated heterocycles. The van der Waals surface area contributed by atoms with Crippen LogP contribution in [0, 0.1) is 0 Å². The van der Waals surface area contributed by atoms with Gasteiger partial charge in [-0.05, 0) is 18.0 Å². The van der Waals surface area contributed by atoms with Gasteiger partial charge in [-0.25, -0.2) is 0 Å². The van der Waals surface area contributed by atoms with E-state index in [0.29, 0.717) is 23.2 Å². The molecular formula is C7H10BNO3. The molecule has 0 fully saturated rings. The van der Waals surface area contributed by atoms with E-state index in [1.54, 1.807) is 19.1 Å². The molecule has 0 amide bonds. The molecule has 0 aromatic heterocycles. The van der Waals surface area contributed by atoms with Crippen LogP contribution in [0.15, 0.2) is 28.4 Å². The van der Waals surface area contributed by atoms with Gasteiger partial charge in [-0.3, -0.25) is 0 Å². The van der Waals surface area contributed by atoms with Crippen molar-refractivity contribution in [2.45, 2.75) is 13.3 Å². The molecule has 0 bridgehead atoms. The lowest BCUT2D eigenvalue weighted by atomic mass is 9.73. The zero-order valence-corrected chi connectivity index (χ0v) is 6.73. The van der Waals surface area contributed by atoms with Crippen molar-refractivity contribution < 1.29 is 15.3 Å². The highest BCUT2D eigenvalue weighted by atomic mass is 16.4. The maximum Gasteiger partial charge on any atom is 0.488 e. The molecule has 0 atom stereocenters. The molecule has 0 spiro atoms. The Kier molecular flexibility index (Phi) is 2.67. The van der Waals surface area contributed by atoms with E-state index in [2.05, 4.69) is 5.16 Å². The Labute approximate surface area is 70.7 Å². The maximum absolute atomic E-state index is 8.87. The van der Waals surface area contributed by atoms with Crippen LogP contribution in [0.4, 0.5) is 0 Å². The second-order valence-electron chi connectivity index (χ2n) is 2.61. The van der Waals surface area contributed by atoms with E-state index in [-0.39, 0.29) is 0 Å². The minimum atomic E-state index is -1.50. The van der Waals surface area contributed by atoms with Gasteiger partial charge in [0.15, 0.2) is 0 Å². The Bertz CT molecular complexity index is 268. The number of allylic oxidation sites excluding steroid dienone is 4. The fraction of sp³-hybridized carbons (Fsp3) is 0.286. The van der Waals surface area contributed by atoms with E-state index in [0.717, 1.165) is 0 Å². The zero-order valence-electron chi connectivity index (χ0n) is 6.73. The second kappa shape index (κ2) is 3.56. The topological polar surface area (TPSA) is 73.0 Å². The van der Waals surface area contributed by atoms with Crippen LogP contribution in [-0.4, -0.2) is 28.1 Å². The average molecular weight is 167 g/mol. The molecule has 0 aliphatic heterocycles. The molecule has 64 valence electrons. The first kappa shape index (κ1) is 9.03. The van der Waals surface area contributed by atoms with E-state index in [4.69, 9.17) is 15.3 Å². The molecule has 3 N–H and O–H groups in total. The first-order valence-corrected chi connectivity index (χ1v) is 3.61. The van der Waals surface area contributed by atoms with Crippen molar-refractivity contribution in [3.8, 4) is 0 Å². The Morgan fingerprint density at radius 1 is 1.50 bits per heavy atom. The second-order valence-corrected chi connectivity index (χ2v) is 2.61. The molecule has 0 unspecified atom stereocenters. The molecule has 0 aromatic rings. The van der Waals surface area contributed by atoms with Crippen LogP contribution in [0.25, 0.3) is 0 Å². The van der Waals surface area contributed by atoms with Gasteiger partial charge in [0.2, 0.25) is 0 Å². The van der Waals surface area contributed by atoms with Crippen molar-refractivity contribution in [1.82, 2.24) is 0 Å². The third-order valence-electron chi connectivity index (χ3n) is 1.87. The molecule has 1 rings (SSSR count). The van der Waals surface area contributed by atoms with Crippen molar-refractivity contribution in [2.24, 2.45) is 5.16 Å². The zero-order chi connectivity index (χ0) is 9.14. The normalized spacial score (nSPS) is 20.4. The lowest BCUT2D eigenvalue weighted by molar-refractivity contribution is 0.318. The summed E-state index contributed by atoms with van der Waals surface area (Å²) in [6.07, 6.45) is 3.87. The predicted molar refractivity (Wildman–Crippen MR) is 45.9 cm³/mol.